The maximum Gasteiger partial charge on any atom is 0.227 e. The van der Waals surface area contributed by atoms with Gasteiger partial charge in [0.15, 0.2) is 8.32 Å². The van der Waals surface area contributed by atoms with E-state index in [2.05, 4.69) is 54.9 Å². The van der Waals surface area contributed by atoms with E-state index in [0.717, 1.165) is 16.9 Å². The molecule has 1 aliphatic rings. The molecule has 6 heteroatoms. The molecule has 1 atom stereocenters. The van der Waals surface area contributed by atoms with Crippen molar-refractivity contribution in [2.45, 2.75) is 51.6 Å². The number of hydrogen-bond donors (Lipinski definition) is 0. The molecule has 0 N–H and O–H groups in total. The molecule has 0 saturated carbocycles. The van der Waals surface area contributed by atoms with Crippen LogP contribution in [0.1, 0.15) is 20.8 Å². The molecule has 0 bridgehead atoms. The Labute approximate surface area is 118 Å². The molecule has 18 heavy (non-hydrogen) atoms. The number of hydrogen-bond acceptors (Lipinski definition) is 3. The summed E-state index contributed by atoms with van der Waals surface area (Å²) in [5, 5.41) is 4.48. The van der Waals surface area contributed by atoms with Gasteiger partial charge in [0.1, 0.15) is 6.10 Å². The first-order valence-electron chi connectivity index (χ1n) is 6.22. The Morgan fingerprint density at radius 3 is 2.78 bits per heavy atom. The van der Waals surface area contributed by atoms with Crippen molar-refractivity contribution in [1.29, 1.82) is 0 Å². The molecule has 0 saturated heterocycles. The fourth-order valence-electron chi connectivity index (χ4n) is 1.59. The Bertz CT molecular complexity index is 440. The van der Waals surface area contributed by atoms with Crippen molar-refractivity contribution in [2.24, 2.45) is 0 Å². The third kappa shape index (κ3) is 2.65. The summed E-state index contributed by atoms with van der Waals surface area (Å²) in [5.74, 6) is 0.818. The van der Waals surface area contributed by atoms with Crippen molar-refractivity contribution in [3.05, 3.63) is 10.7 Å². The lowest BCUT2D eigenvalue weighted by Crippen LogP contribution is -2.43. The van der Waals surface area contributed by atoms with E-state index in [-0.39, 0.29) is 11.1 Å². The third-order valence-corrected chi connectivity index (χ3v) is 8.88. The molecule has 0 aliphatic carbocycles. The van der Waals surface area contributed by atoms with Gasteiger partial charge in [-0.25, -0.2) is 4.68 Å². The third-order valence-electron chi connectivity index (χ3n) is 3.84. The molecule has 0 fully saturated rings. The van der Waals surface area contributed by atoms with Crippen LogP contribution in [-0.2, 0) is 11.0 Å². The van der Waals surface area contributed by atoms with Gasteiger partial charge < -0.3 is 9.16 Å². The van der Waals surface area contributed by atoms with E-state index in [1.165, 1.54) is 0 Å². The van der Waals surface area contributed by atoms with Gasteiger partial charge in [0.25, 0.3) is 0 Å². The summed E-state index contributed by atoms with van der Waals surface area (Å²) in [6.45, 7) is 12.7. The van der Waals surface area contributed by atoms with Crippen LogP contribution >= 0.6 is 15.9 Å². The fraction of sp³-hybridized carbons (Fsp3) is 0.750. The molecule has 1 aliphatic heterocycles. The highest BCUT2D eigenvalue weighted by Gasteiger charge is 2.38. The largest absolute Gasteiger partial charge is 0.469 e. The summed E-state index contributed by atoms with van der Waals surface area (Å²) >= 11 is 3.43. The Morgan fingerprint density at radius 1 is 1.56 bits per heavy atom. The Hall–Kier alpha value is -0.333. The normalized spacial score (nSPS) is 19.8. The molecule has 4 nitrogen and oxygen atoms in total. The topological polar surface area (TPSA) is 36.3 Å². The summed E-state index contributed by atoms with van der Waals surface area (Å²) in [4.78, 5) is 0. The van der Waals surface area contributed by atoms with Crippen LogP contribution in [0.25, 0.3) is 0 Å². The zero-order chi connectivity index (χ0) is 13.6. The molecular weight excluding hydrogens is 312 g/mol. The minimum absolute atomic E-state index is 0.0825. The summed E-state index contributed by atoms with van der Waals surface area (Å²) in [5.41, 5.74) is 0. The van der Waals surface area contributed by atoms with Gasteiger partial charge in [-0.15, -0.1) is 0 Å². The van der Waals surface area contributed by atoms with Gasteiger partial charge in [0, 0.05) is 0 Å². The first-order chi connectivity index (χ1) is 8.21. The first kappa shape index (κ1) is 14.1. The van der Waals surface area contributed by atoms with Crippen molar-refractivity contribution in [1.82, 2.24) is 9.78 Å². The molecule has 0 radical (unpaired) electrons. The van der Waals surface area contributed by atoms with Crippen molar-refractivity contribution >= 4 is 24.2 Å². The zero-order valence-corrected chi connectivity index (χ0v) is 14.2. The number of halogens is 1. The lowest BCUT2D eigenvalue weighted by Gasteiger charge is -2.36. The van der Waals surface area contributed by atoms with E-state index in [0.29, 0.717) is 6.61 Å². The van der Waals surface area contributed by atoms with Crippen LogP contribution in [0.15, 0.2) is 10.7 Å². The van der Waals surface area contributed by atoms with Gasteiger partial charge in [0.05, 0.1) is 23.8 Å². The maximum atomic E-state index is 6.18. The van der Waals surface area contributed by atoms with Gasteiger partial charge in [-0.05, 0) is 34.1 Å². The zero-order valence-electron chi connectivity index (χ0n) is 11.7. The molecule has 1 aromatic rings. The fourth-order valence-corrected chi connectivity index (χ4v) is 3.02. The van der Waals surface area contributed by atoms with Crippen molar-refractivity contribution in [3.63, 3.8) is 0 Å². The predicted molar refractivity (Wildman–Crippen MR) is 77.5 cm³/mol. The van der Waals surface area contributed by atoms with Crippen molar-refractivity contribution in [2.75, 3.05) is 6.61 Å². The second-order valence-electron chi connectivity index (χ2n) is 6.29. The van der Waals surface area contributed by atoms with E-state index in [1.54, 1.807) is 6.20 Å². The van der Waals surface area contributed by atoms with Crippen LogP contribution in [-0.4, -0.2) is 30.8 Å². The van der Waals surface area contributed by atoms with E-state index in [1.807, 2.05) is 4.68 Å². The first-order valence-corrected chi connectivity index (χ1v) is 9.93. The van der Waals surface area contributed by atoms with Crippen LogP contribution < -0.4 is 4.74 Å². The van der Waals surface area contributed by atoms with Gasteiger partial charge in [-0.3, -0.25) is 0 Å². The molecule has 0 amide bonds. The van der Waals surface area contributed by atoms with Crippen LogP contribution in [0.5, 0.6) is 5.88 Å². The Balaban J connectivity index is 1.91. The van der Waals surface area contributed by atoms with Gasteiger partial charge in [0.2, 0.25) is 5.88 Å². The van der Waals surface area contributed by atoms with Gasteiger partial charge >= 0.3 is 0 Å². The van der Waals surface area contributed by atoms with Crippen LogP contribution in [0.3, 0.4) is 0 Å². The molecule has 2 rings (SSSR count). The Kier molecular flexibility index (Phi) is 3.64. The lowest BCUT2D eigenvalue weighted by atomic mass is 10.2. The monoisotopic (exact) mass is 332 g/mol. The van der Waals surface area contributed by atoms with Gasteiger partial charge in [-0.2, -0.15) is 5.10 Å². The molecule has 2 heterocycles. The summed E-state index contributed by atoms with van der Waals surface area (Å²) in [7, 11) is -1.69. The molecule has 1 aromatic heterocycles. The van der Waals surface area contributed by atoms with Crippen LogP contribution in [0, 0.1) is 0 Å². The predicted octanol–water partition coefficient (Wildman–Crippen LogP) is 3.43. The number of rotatable bonds is 3. The average Bonchev–Trinajstić information content (AvgIpc) is 2.77. The summed E-state index contributed by atoms with van der Waals surface area (Å²) < 4.78 is 14.8. The molecule has 1 unspecified atom stereocenters. The lowest BCUT2D eigenvalue weighted by molar-refractivity contribution is 0.136. The maximum absolute atomic E-state index is 6.18. The minimum atomic E-state index is -1.69. The van der Waals surface area contributed by atoms with E-state index < -0.39 is 8.32 Å². The van der Waals surface area contributed by atoms with Crippen molar-refractivity contribution in [3.8, 4) is 5.88 Å². The Morgan fingerprint density at radius 2 is 2.22 bits per heavy atom. The quantitative estimate of drug-likeness (QED) is 0.795. The average molecular weight is 333 g/mol. The smallest absolute Gasteiger partial charge is 0.227 e. The number of nitrogens with zero attached hydrogens (tertiary/aromatic N) is 2. The second kappa shape index (κ2) is 4.65. The highest BCUT2D eigenvalue weighted by Crippen LogP contribution is 2.37. The molecule has 102 valence electrons. The number of fused-ring (bicyclic) bond motifs is 1. The van der Waals surface area contributed by atoms with Gasteiger partial charge in [-0.1, -0.05) is 20.8 Å². The van der Waals surface area contributed by atoms with Crippen LogP contribution in [0.2, 0.25) is 18.1 Å². The summed E-state index contributed by atoms with van der Waals surface area (Å²) in [6, 6.07) is 0. The highest BCUT2D eigenvalue weighted by atomic mass is 79.9. The molecular formula is C12H21BrN2O2Si. The number of ether oxygens (including phenoxy) is 1. The second-order valence-corrected chi connectivity index (χ2v) is 12.0. The minimum Gasteiger partial charge on any atom is -0.469 e. The molecule has 0 aromatic carbocycles. The number of aromatic nitrogens is 2. The highest BCUT2D eigenvalue weighted by molar-refractivity contribution is 9.10. The molecule has 0 spiro atoms. The SMILES string of the molecule is CC(C)(C)[Si](C)(C)OCC1Cn2ncc(Br)c2O1. The van der Waals surface area contributed by atoms with E-state index in [9.17, 15) is 0 Å². The standard InChI is InChI=1S/C12H21BrN2O2Si/c1-12(2,3)18(4,5)16-8-9-7-15-11(17-9)10(13)6-14-15/h6,9H,7-8H2,1-5H3. The van der Waals surface area contributed by atoms with Crippen molar-refractivity contribution < 1.29 is 9.16 Å². The van der Waals surface area contributed by atoms with Crippen LogP contribution in [0.4, 0.5) is 0 Å². The summed E-state index contributed by atoms with van der Waals surface area (Å²) in [6.07, 6.45) is 1.85. The van der Waals surface area contributed by atoms with E-state index in [4.69, 9.17) is 9.16 Å². The van der Waals surface area contributed by atoms with E-state index >= 15 is 0 Å².